The molecule has 0 heterocycles. The first kappa shape index (κ1) is 25.0. The number of sulfonamides is 1. The van der Waals surface area contributed by atoms with E-state index in [1.807, 2.05) is 26.0 Å². The van der Waals surface area contributed by atoms with E-state index in [1.54, 1.807) is 55.5 Å². The predicted octanol–water partition coefficient (Wildman–Crippen LogP) is 4.57. The Bertz CT molecular complexity index is 1250. The van der Waals surface area contributed by atoms with Gasteiger partial charge in [-0.1, -0.05) is 42.8 Å². The number of hydrogen-bond donors (Lipinski definition) is 1. The van der Waals surface area contributed by atoms with Crippen molar-refractivity contribution < 1.29 is 22.7 Å². The van der Waals surface area contributed by atoms with Crippen LogP contribution in [0.3, 0.4) is 0 Å². The molecule has 0 aliphatic rings. The van der Waals surface area contributed by atoms with Gasteiger partial charge < -0.3 is 10.1 Å². The summed E-state index contributed by atoms with van der Waals surface area (Å²) in [6.07, 6.45) is 0.604. The van der Waals surface area contributed by atoms with E-state index < -0.39 is 28.4 Å². The van der Waals surface area contributed by atoms with Gasteiger partial charge in [-0.3, -0.25) is 9.10 Å². The minimum absolute atomic E-state index is 0.107. The number of esters is 1. The van der Waals surface area contributed by atoms with Gasteiger partial charge in [0.25, 0.3) is 10.0 Å². The van der Waals surface area contributed by atoms with Gasteiger partial charge in [0, 0.05) is 5.69 Å². The Balaban J connectivity index is 1.89. The molecule has 0 aromatic heterocycles. The van der Waals surface area contributed by atoms with Crippen molar-refractivity contribution in [3.05, 3.63) is 89.5 Å². The van der Waals surface area contributed by atoms with E-state index in [0.29, 0.717) is 23.4 Å². The molecule has 7 nitrogen and oxygen atoms in total. The van der Waals surface area contributed by atoms with Crippen LogP contribution in [0.15, 0.2) is 77.7 Å². The number of nitrogens with one attached hydrogen (secondary N) is 1. The van der Waals surface area contributed by atoms with Gasteiger partial charge in [-0.2, -0.15) is 0 Å². The van der Waals surface area contributed by atoms with Gasteiger partial charge in [-0.05, 0) is 68.3 Å². The number of amides is 1. The van der Waals surface area contributed by atoms with E-state index in [0.717, 1.165) is 15.4 Å². The summed E-state index contributed by atoms with van der Waals surface area (Å²) in [5.74, 6) is -0.961. The predicted molar refractivity (Wildman–Crippen MR) is 133 cm³/mol. The average Bonchev–Trinajstić information content (AvgIpc) is 2.83. The molecule has 0 unspecified atom stereocenters. The van der Waals surface area contributed by atoms with Crippen LogP contribution in [-0.4, -0.2) is 33.4 Å². The van der Waals surface area contributed by atoms with Crippen molar-refractivity contribution in [2.75, 3.05) is 22.8 Å². The van der Waals surface area contributed by atoms with Crippen LogP contribution in [0.1, 0.15) is 35.3 Å². The third-order valence-electron chi connectivity index (χ3n) is 5.22. The second kappa shape index (κ2) is 11.0. The monoisotopic (exact) mass is 480 g/mol. The Morgan fingerprint density at radius 1 is 0.912 bits per heavy atom. The molecular weight excluding hydrogens is 452 g/mol. The summed E-state index contributed by atoms with van der Waals surface area (Å²) in [5.41, 5.74) is 3.00. The van der Waals surface area contributed by atoms with Crippen LogP contribution in [-0.2, 0) is 26.0 Å². The summed E-state index contributed by atoms with van der Waals surface area (Å²) in [5, 5.41) is 2.71. The first-order valence-corrected chi connectivity index (χ1v) is 12.4. The van der Waals surface area contributed by atoms with Crippen LogP contribution in [0.2, 0.25) is 0 Å². The first-order chi connectivity index (χ1) is 16.3. The molecule has 8 heteroatoms. The normalized spacial score (nSPS) is 11.0. The van der Waals surface area contributed by atoms with E-state index in [9.17, 15) is 18.0 Å². The summed E-state index contributed by atoms with van der Waals surface area (Å²) < 4.78 is 33.2. The highest BCUT2D eigenvalue weighted by atomic mass is 32.2. The van der Waals surface area contributed by atoms with E-state index >= 15 is 0 Å². The fourth-order valence-electron chi connectivity index (χ4n) is 3.43. The molecule has 1 N–H and O–H groups in total. The highest BCUT2D eigenvalue weighted by molar-refractivity contribution is 7.92. The van der Waals surface area contributed by atoms with Crippen molar-refractivity contribution in [3.63, 3.8) is 0 Å². The number of rotatable bonds is 9. The molecule has 0 aliphatic heterocycles. The minimum Gasteiger partial charge on any atom is -0.462 e. The SMILES string of the molecule is CCOC(=O)c1ccc(NC(=O)CN(c2ccccc2CC)S(=O)(=O)c2ccc(C)cc2)cc1. The molecule has 0 radical (unpaired) electrons. The molecule has 0 saturated carbocycles. The number of ether oxygens (including phenoxy) is 1. The maximum Gasteiger partial charge on any atom is 0.338 e. The first-order valence-electron chi connectivity index (χ1n) is 11.0. The molecule has 178 valence electrons. The van der Waals surface area contributed by atoms with Gasteiger partial charge in [0.2, 0.25) is 5.91 Å². The van der Waals surface area contributed by atoms with Gasteiger partial charge in [0.1, 0.15) is 6.54 Å². The number of aryl methyl sites for hydroxylation is 2. The Kier molecular flexibility index (Phi) is 8.07. The Morgan fingerprint density at radius 3 is 2.18 bits per heavy atom. The van der Waals surface area contributed by atoms with Crippen LogP contribution in [0.4, 0.5) is 11.4 Å². The molecule has 0 bridgehead atoms. The quantitative estimate of drug-likeness (QED) is 0.453. The lowest BCUT2D eigenvalue weighted by Crippen LogP contribution is -2.38. The smallest absolute Gasteiger partial charge is 0.338 e. The van der Waals surface area contributed by atoms with Crippen molar-refractivity contribution in [2.24, 2.45) is 0 Å². The number of para-hydroxylation sites is 1. The van der Waals surface area contributed by atoms with Gasteiger partial charge >= 0.3 is 5.97 Å². The maximum atomic E-state index is 13.6. The summed E-state index contributed by atoms with van der Waals surface area (Å²) >= 11 is 0. The van der Waals surface area contributed by atoms with Gasteiger partial charge in [0.15, 0.2) is 0 Å². The van der Waals surface area contributed by atoms with E-state index in [-0.39, 0.29) is 11.5 Å². The zero-order valence-electron chi connectivity index (χ0n) is 19.4. The molecular formula is C26H28N2O5S. The Morgan fingerprint density at radius 2 is 1.56 bits per heavy atom. The highest BCUT2D eigenvalue weighted by Gasteiger charge is 2.28. The Labute approximate surface area is 200 Å². The topological polar surface area (TPSA) is 92.8 Å². The maximum absolute atomic E-state index is 13.6. The van der Waals surface area contributed by atoms with Crippen LogP contribution in [0, 0.1) is 6.92 Å². The zero-order chi connectivity index (χ0) is 24.7. The molecule has 34 heavy (non-hydrogen) atoms. The van der Waals surface area contributed by atoms with E-state index in [1.165, 1.54) is 12.1 Å². The Hall–Kier alpha value is -3.65. The molecule has 0 aliphatic carbocycles. The summed E-state index contributed by atoms with van der Waals surface area (Å²) in [6, 6.07) is 19.9. The average molecular weight is 481 g/mol. The number of nitrogens with zero attached hydrogens (tertiary/aromatic N) is 1. The largest absolute Gasteiger partial charge is 0.462 e. The second-order valence-corrected chi connectivity index (χ2v) is 9.52. The fraction of sp³-hybridized carbons (Fsp3) is 0.231. The molecule has 0 atom stereocenters. The standard InChI is InChI=1S/C26H28N2O5S/c1-4-20-8-6-7-9-24(20)28(34(31,32)23-16-10-19(3)11-17-23)18-25(29)27-22-14-12-21(13-15-22)26(30)33-5-2/h6-17H,4-5,18H2,1-3H3,(H,27,29). The third kappa shape index (κ3) is 5.82. The van der Waals surface area contributed by atoms with Gasteiger partial charge in [-0.15, -0.1) is 0 Å². The lowest BCUT2D eigenvalue weighted by Gasteiger charge is -2.26. The minimum atomic E-state index is -4.00. The highest BCUT2D eigenvalue weighted by Crippen LogP contribution is 2.28. The third-order valence-corrected chi connectivity index (χ3v) is 6.99. The molecule has 3 aromatic carbocycles. The van der Waals surface area contributed by atoms with E-state index in [4.69, 9.17) is 4.74 Å². The molecule has 0 spiro atoms. The molecule has 0 saturated heterocycles. The van der Waals surface area contributed by atoms with Crippen molar-refractivity contribution in [1.82, 2.24) is 0 Å². The summed E-state index contributed by atoms with van der Waals surface area (Å²) in [6.45, 7) is 5.39. The van der Waals surface area contributed by atoms with Crippen molar-refractivity contribution >= 4 is 33.3 Å². The number of carbonyl (C=O) groups excluding carboxylic acids is 2. The second-order valence-electron chi connectivity index (χ2n) is 7.65. The number of benzene rings is 3. The lowest BCUT2D eigenvalue weighted by atomic mass is 10.1. The van der Waals surface area contributed by atoms with Crippen LogP contribution in [0.25, 0.3) is 0 Å². The van der Waals surface area contributed by atoms with Crippen LogP contribution < -0.4 is 9.62 Å². The van der Waals surface area contributed by atoms with E-state index in [2.05, 4.69) is 5.32 Å². The lowest BCUT2D eigenvalue weighted by molar-refractivity contribution is -0.114. The number of anilines is 2. The summed E-state index contributed by atoms with van der Waals surface area (Å²) in [7, 11) is -4.00. The molecule has 3 rings (SSSR count). The fourth-order valence-corrected chi connectivity index (χ4v) is 4.88. The number of carbonyl (C=O) groups is 2. The van der Waals surface area contributed by atoms with Crippen molar-refractivity contribution in [1.29, 1.82) is 0 Å². The molecule has 0 fully saturated rings. The van der Waals surface area contributed by atoms with Crippen LogP contribution in [0.5, 0.6) is 0 Å². The summed E-state index contributed by atoms with van der Waals surface area (Å²) in [4.78, 5) is 24.9. The van der Waals surface area contributed by atoms with Crippen LogP contribution >= 0.6 is 0 Å². The zero-order valence-corrected chi connectivity index (χ0v) is 20.3. The van der Waals surface area contributed by atoms with Gasteiger partial charge in [0.05, 0.1) is 22.8 Å². The van der Waals surface area contributed by atoms with Crippen molar-refractivity contribution in [2.45, 2.75) is 32.1 Å². The van der Waals surface area contributed by atoms with Gasteiger partial charge in [-0.25, -0.2) is 13.2 Å². The molecule has 3 aromatic rings. The molecule has 1 amide bonds. The van der Waals surface area contributed by atoms with Crippen molar-refractivity contribution in [3.8, 4) is 0 Å². The number of hydrogen-bond acceptors (Lipinski definition) is 5.